The Bertz CT molecular complexity index is 891. The van der Waals surface area contributed by atoms with E-state index in [9.17, 15) is 9.59 Å². The van der Waals surface area contributed by atoms with Crippen LogP contribution >= 0.6 is 11.3 Å². The minimum absolute atomic E-state index is 0.0442. The number of nitrogens with one attached hydrogen (secondary N) is 1. The zero-order valence-corrected chi connectivity index (χ0v) is 15.5. The Morgan fingerprint density at radius 3 is 2.77 bits per heavy atom. The molecule has 2 aliphatic rings. The number of nitrogens with zero attached hydrogens (tertiary/aromatic N) is 5. The number of amides is 2. The largest absolute Gasteiger partial charge is 0.338 e. The summed E-state index contributed by atoms with van der Waals surface area (Å²) >= 11 is 1.53. The van der Waals surface area contributed by atoms with Gasteiger partial charge >= 0.3 is 0 Å². The van der Waals surface area contributed by atoms with Gasteiger partial charge in [-0.2, -0.15) is 5.10 Å². The number of likely N-dealkylation sites (tertiary alicyclic amines) is 1. The summed E-state index contributed by atoms with van der Waals surface area (Å²) in [5, 5.41) is 9.86. The van der Waals surface area contributed by atoms with Crippen molar-refractivity contribution >= 4 is 29.0 Å². The molecule has 0 unspecified atom stereocenters. The van der Waals surface area contributed by atoms with Crippen LogP contribution in [0.25, 0.3) is 0 Å². The molecule has 8 nitrogen and oxygen atoms in total. The lowest BCUT2D eigenvalue weighted by atomic mass is 9.88. The number of piperidine rings is 1. The van der Waals surface area contributed by atoms with Crippen molar-refractivity contribution in [2.24, 2.45) is 4.99 Å². The summed E-state index contributed by atoms with van der Waals surface area (Å²) in [5.41, 5.74) is 0.515. The molecule has 26 heavy (non-hydrogen) atoms. The molecule has 2 amide bonds. The third-order valence-electron chi connectivity index (χ3n) is 4.92. The first-order valence-electron chi connectivity index (χ1n) is 8.66. The van der Waals surface area contributed by atoms with E-state index in [1.807, 2.05) is 19.2 Å². The molecular formula is C17H20N6O2S. The quantitative estimate of drug-likeness (QED) is 0.877. The van der Waals surface area contributed by atoms with E-state index < -0.39 is 5.54 Å². The molecule has 0 atom stereocenters. The molecule has 0 aliphatic carbocycles. The molecular weight excluding hydrogens is 352 g/mol. The van der Waals surface area contributed by atoms with Gasteiger partial charge in [0.1, 0.15) is 11.2 Å². The number of aromatic nitrogens is 3. The van der Waals surface area contributed by atoms with Gasteiger partial charge in [-0.25, -0.2) is 9.98 Å². The van der Waals surface area contributed by atoms with Gasteiger partial charge in [-0.1, -0.05) is 0 Å². The van der Waals surface area contributed by atoms with E-state index in [0.29, 0.717) is 43.0 Å². The van der Waals surface area contributed by atoms with Crippen molar-refractivity contribution in [1.82, 2.24) is 25.0 Å². The molecule has 2 aromatic heterocycles. The summed E-state index contributed by atoms with van der Waals surface area (Å²) in [6.07, 6.45) is 4.38. The number of hydrogen-bond donors (Lipinski definition) is 1. The van der Waals surface area contributed by atoms with Crippen LogP contribution in [-0.2, 0) is 11.3 Å². The Morgan fingerprint density at radius 2 is 2.15 bits per heavy atom. The van der Waals surface area contributed by atoms with Crippen molar-refractivity contribution in [3.63, 3.8) is 0 Å². The molecule has 2 aliphatic heterocycles. The number of rotatable bonds is 3. The second kappa shape index (κ2) is 6.31. The number of aliphatic imine (C=N–C) groups is 1. The Balaban J connectivity index is 1.48. The molecule has 1 saturated heterocycles. The van der Waals surface area contributed by atoms with Crippen molar-refractivity contribution in [1.29, 1.82) is 0 Å². The number of aryl methyl sites for hydroxylation is 2. The lowest BCUT2D eigenvalue weighted by molar-refractivity contribution is -0.125. The normalized spacial score (nSPS) is 18.9. The summed E-state index contributed by atoms with van der Waals surface area (Å²) in [4.78, 5) is 36.0. The molecule has 4 heterocycles. The van der Waals surface area contributed by atoms with Crippen LogP contribution in [0.5, 0.6) is 0 Å². The van der Waals surface area contributed by atoms with Crippen LogP contribution in [0.2, 0.25) is 0 Å². The lowest BCUT2D eigenvalue weighted by Crippen LogP contribution is -2.50. The summed E-state index contributed by atoms with van der Waals surface area (Å²) < 4.78 is 1.73. The van der Waals surface area contributed by atoms with E-state index in [4.69, 9.17) is 0 Å². The van der Waals surface area contributed by atoms with Gasteiger partial charge in [0.15, 0.2) is 5.84 Å². The minimum atomic E-state index is -0.781. The second-order valence-electron chi connectivity index (χ2n) is 6.57. The van der Waals surface area contributed by atoms with Crippen molar-refractivity contribution in [3.05, 3.63) is 34.0 Å². The van der Waals surface area contributed by atoms with E-state index in [-0.39, 0.29) is 11.8 Å². The van der Waals surface area contributed by atoms with Crippen LogP contribution in [0.1, 0.15) is 40.8 Å². The predicted octanol–water partition coefficient (Wildman–Crippen LogP) is 1.22. The third kappa shape index (κ3) is 2.82. The number of carbonyl (C=O) groups excluding carboxylic acids is 2. The maximum atomic E-state index is 12.6. The zero-order chi connectivity index (χ0) is 18.3. The van der Waals surface area contributed by atoms with Crippen LogP contribution in [-0.4, -0.2) is 55.9 Å². The SMILES string of the molecule is CCn1cc(C(=O)N2CCC3(CC2)N=C(c2csc(C)n2)NC3=O)cn1. The molecule has 2 aromatic rings. The Kier molecular flexibility index (Phi) is 4.10. The van der Waals surface area contributed by atoms with Crippen molar-refractivity contribution in [3.8, 4) is 0 Å². The number of carbonyl (C=O) groups is 2. The van der Waals surface area contributed by atoms with E-state index in [1.165, 1.54) is 11.3 Å². The maximum absolute atomic E-state index is 12.6. The highest BCUT2D eigenvalue weighted by Gasteiger charge is 2.47. The molecule has 1 N–H and O–H groups in total. The van der Waals surface area contributed by atoms with Crippen LogP contribution in [0, 0.1) is 6.92 Å². The van der Waals surface area contributed by atoms with E-state index >= 15 is 0 Å². The van der Waals surface area contributed by atoms with Gasteiger partial charge in [0.05, 0.1) is 16.8 Å². The highest BCUT2D eigenvalue weighted by Crippen LogP contribution is 2.31. The first-order chi connectivity index (χ1) is 12.5. The molecule has 0 bridgehead atoms. The van der Waals surface area contributed by atoms with Crippen molar-refractivity contribution in [2.75, 3.05) is 13.1 Å². The third-order valence-corrected chi connectivity index (χ3v) is 5.70. The molecule has 9 heteroatoms. The van der Waals surface area contributed by atoms with E-state index in [2.05, 4.69) is 20.4 Å². The Morgan fingerprint density at radius 1 is 1.38 bits per heavy atom. The summed E-state index contributed by atoms with van der Waals surface area (Å²) in [6, 6.07) is 0. The highest BCUT2D eigenvalue weighted by molar-refractivity contribution is 7.09. The van der Waals surface area contributed by atoms with E-state index in [0.717, 1.165) is 11.6 Å². The van der Waals surface area contributed by atoms with Gasteiger partial charge in [-0.05, 0) is 26.7 Å². The number of amidine groups is 1. The standard InChI is InChI=1S/C17H20N6O2S/c1-3-23-9-12(8-18-23)15(24)22-6-4-17(5-7-22)16(25)20-14(21-17)13-10-26-11(2)19-13/h8-10H,3-7H2,1-2H3,(H,20,21,25). The maximum Gasteiger partial charge on any atom is 0.257 e. The number of hydrogen-bond acceptors (Lipinski definition) is 6. The van der Waals surface area contributed by atoms with Crippen LogP contribution < -0.4 is 5.32 Å². The zero-order valence-electron chi connectivity index (χ0n) is 14.7. The lowest BCUT2D eigenvalue weighted by Gasteiger charge is -2.35. The van der Waals surface area contributed by atoms with Gasteiger partial charge in [-0.15, -0.1) is 11.3 Å². The van der Waals surface area contributed by atoms with Crippen LogP contribution in [0.3, 0.4) is 0 Å². The molecule has 136 valence electrons. The van der Waals surface area contributed by atoms with Crippen molar-refractivity contribution < 1.29 is 9.59 Å². The van der Waals surface area contributed by atoms with Gasteiger partial charge in [0, 0.05) is 31.2 Å². The number of thiazole rings is 1. The Labute approximate surface area is 154 Å². The summed E-state index contributed by atoms with van der Waals surface area (Å²) in [7, 11) is 0. The average Bonchev–Trinajstić information content (AvgIpc) is 3.35. The van der Waals surface area contributed by atoms with E-state index in [1.54, 1.807) is 22.0 Å². The van der Waals surface area contributed by atoms with Gasteiger partial charge in [0.25, 0.3) is 11.8 Å². The van der Waals surface area contributed by atoms with Gasteiger partial charge in [-0.3, -0.25) is 14.3 Å². The summed E-state index contributed by atoms with van der Waals surface area (Å²) in [5.74, 6) is 0.407. The fourth-order valence-corrected chi connectivity index (χ4v) is 3.96. The molecule has 0 saturated carbocycles. The highest BCUT2D eigenvalue weighted by atomic mass is 32.1. The van der Waals surface area contributed by atoms with Crippen LogP contribution in [0.15, 0.2) is 22.8 Å². The average molecular weight is 372 g/mol. The minimum Gasteiger partial charge on any atom is -0.338 e. The first-order valence-corrected chi connectivity index (χ1v) is 9.54. The fourth-order valence-electron chi connectivity index (χ4n) is 3.36. The van der Waals surface area contributed by atoms with Gasteiger partial charge in [0.2, 0.25) is 0 Å². The van der Waals surface area contributed by atoms with Crippen LogP contribution in [0.4, 0.5) is 0 Å². The fraction of sp³-hybridized carbons (Fsp3) is 0.471. The van der Waals surface area contributed by atoms with Crippen molar-refractivity contribution in [2.45, 2.75) is 38.8 Å². The molecule has 0 radical (unpaired) electrons. The molecule has 1 fully saturated rings. The smallest absolute Gasteiger partial charge is 0.257 e. The monoisotopic (exact) mass is 372 g/mol. The molecule has 0 aromatic carbocycles. The molecule has 4 rings (SSSR count). The molecule has 1 spiro atoms. The predicted molar refractivity (Wildman–Crippen MR) is 97.3 cm³/mol. The Hall–Kier alpha value is -2.55. The first kappa shape index (κ1) is 16.9. The van der Waals surface area contributed by atoms with Gasteiger partial charge < -0.3 is 10.2 Å². The topological polar surface area (TPSA) is 92.5 Å². The second-order valence-corrected chi connectivity index (χ2v) is 7.64. The summed E-state index contributed by atoms with van der Waals surface area (Å²) in [6.45, 7) is 5.62.